The Morgan fingerprint density at radius 1 is 0.880 bits per heavy atom. The summed E-state index contributed by atoms with van der Waals surface area (Å²) in [5.41, 5.74) is 2.99. The van der Waals surface area contributed by atoms with Gasteiger partial charge in [-0.15, -0.1) is 11.3 Å². The van der Waals surface area contributed by atoms with E-state index < -0.39 is 0 Å². The summed E-state index contributed by atoms with van der Waals surface area (Å²) in [6.45, 7) is 0. The van der Waals surface area contributed by atoms with Crippen molar-refractivity contribution in [1.29, 1.82) is 0 Å². The monoisotopic (exact) mass is 360 g/mol. The Kier molecular flexibility index (Phi) is 4.30. The number of hydrogen-bond donors (Lipinski definition) is 0. The third-order valence-electron chi connectivity index (χ3n) is 3.55. The molecule has 25 heavy (non-hydrogen) atoms. The second-order valence-corrected chi connectivity index (χ2v) is 6.69. The molecule has 0 amide bonds. The first-order chi connectivity index (χ1) is 12.2. The van der Waals surface area contributed by atoms with Crippen molar-refractivity contribution in [3.63, 3.8) is 0 Å². The molecule has 2 radical (unpaired) electrons. The number of rotatable bonds is 3. The van der Waals surface area contributed by atoms with E-state index in [1.54, 1.807) is 12.4 Å². The fourth-order valence-electron chi connectivity index (χ4n) is 2.40. The molecule has 118 valence electrons. The van der Waals surface area contributed by atoms with E-state index in [0.29, 0.717) is 21.4 Å². The lowest BCUT2D eigenvalue weighted by atomic mass is 10.1. The number of halogens is 1. The van der Waals surface area contributed by atoms with Gasteiger partial charge in [-0.25, -0.2) is 9.97 Å². The van der Waals surface area contributed by atoms with E-state index in [4.69, 9.17) is 19.4 Å². The molecule has 3 aromatic heterocycles. The van der Waals surface area contributed by atoms with E-state index >= 15 is 0 Å². The average molecular weight is 361 g/mol. The molecule has 1 aromatic carbocycles. The Morgan fingerprint density at radius 2 is 1.68 bits per heavy atom. The van der Waals surface area contributed by atoms with Gasteiger partial charge in [-0.05, 0) is 24.3 Å². The largest absolute Gasteiger partial charge is 0.261 e. The summed E-state index contributed by atoms with van der Waals surface area (Å²) < 4.78 is 0. The molecule has 3 heterocycles. The number of thiazole rings is 1. The highest BCUT2D eigenvalue weighted by atomic mass is 35.5. The Balaban J connectivity index is 1.94. The molecular formula is C18H10BClN4S. The first-order valence-corrected chi connectivity index (χ1v) is 8.67. The molecule has 4 rings (SSSR count). The summed E-state index contributed by atoms with van der Waals surface area (Å²) in [6, 6.07) is 15.1. The van der Waals surface area contributed by atoms with Crippen LogP contribution in [0.25, 0.3) is 33.3 Å². The lowest BCUT2D eigenvalue weighted by Gasteiger charge is -2.08. The molecule has 0 aliphatic carbocycles. The number of hydrogen-bond acceptors (Lipinski definition) is 5. The van der Waals surface area contributed by atoms with Gasteiger partial charge in [0.05, 0.1) is 16.3 Å². The minimum Gasteiger partial charge on any atom is -0.261 e. The second-order valence-electron chi connectivity index (χ2n) is 5.22. The fraction of sp³-hybridized carbons (Fsp3) is 0. The predicted molar refractivity (Wildman–Crippen MR) is 102 cm³/mol. The van der Waals surface area contributed by atoms with Crippen molar-refractivity contribution in [2.75, 3.05) is 0 Å². The van der Waals surface area contributed by atoms with Gasteiger partial charge in [0, 0.05) is 27.9 Å². The third-order valence-corrected chi connectivity index (χ3v) is 4.72. The van der Waals surface area contributed by atoms with Crippen LogP contribution in [0.15, 0.2) is 60.9 Å². The van der Waals surface area contributed by atoms with Crippen LogP contribution in [0.2, 0.25) is 5.02 Å². The quantitative estimate of drug-likeness (QED) is 0.522. The maximum Gasteiger partial charge on any atom is 0.179 e. The Bertz CT molecular complexity index is 1040. The number of aromatic nitrogens is 4. The van der Waals surface area contributed by atoms with Gasteiger partial charge in [-0.2, -0.15) is 0 Å². The van der Waals surface area contributed by atoms with Gasteiger partial charge in [0.25, 0.3) is 0 Å². The average Bonchev–Trinajstić information content (AvgIpc) is 3.09. The van der Waals surface area contributed by atoms with E-state index in [1.807, 2.05) is 48.5 Å². The molecule has 0 unspecified atom stereocenters. The van der Waals surface area contributed by atoms with E-state index in [2.05, 4.69) is 19.9 Å². The van der Waals surface area contributed by atoms with Crippen molar-refractivity contribution in [2.45, 2.75) is 0 Å². The maximum atomic E-state index is 6.35. The van der Waals surface area contributed by atoms with E-state index in [-0.39, 0.29) is 0 Å². The number of nitrogens with zero attached hydrogens (tertiary/aromatic N) is 4. The van der Waals surface area contributed by atoms with Crippen molar-refractivity contribution >= 4 is 35.7 Å². The smallest absolute Gasteiger partial charge is 0.179 e. The highest BCUT2D eigenvalue weighted by molar-refractivity contribution is 7.22. The minimum atomic E-state index is 0.493. The lowest BCUT2D eigenvalue weighted by molar-refractivity contribution is 1.15. The Morgan fingerprint density at radius 3 is 2.40 bits per heavy atom. The molecular weight excluding hydrogens is 351 g/mol. The summed E-state index contributed by atoms with van der Waals surface area (Å²) in [7, 11) is 5.77. The van der Waals surface area contributed by atoms with Gasteiger partial charge >= 0.3 is 0 Å². The van der Waals surface area contributed by atoms with Crippen LogP contribution in [0, 0.1) is 0 Å². The highest BCUT2D eigenvalue weighted by Crippen LogP contribution is 2.31. The molecule has 0 spiro atoms. The summed E-state index contributed by atoms with van der Waals surface area (Å²) in [5.74, 6) is 0.528. The third kappa shape index (κ3) is 3.31. The topological polar surface area (TPSA) is 51.6 Å². The van der Waals surface area contributed by atoms with Crippen LogP contribution in [0.5, 0.6) is 0 Å². The lowest BCUT2D eigenvalue weighted by Crippen LogP contribution is -1.97. The van der Waals surface area contributed by atoms with Crippen LogP contribution in [-0.4, -0.2) is 27.8 Å². The molecule has 0 aliphatic heterocycles. The number of pyridine rings is 1. The zero-order valence-corrected chi connectivity index (χ0v) is 14.5. The first kappa shape index (κ1) is 15.9. The molecule has 0 saturated heterocycles. The van der Waals surface area contributed by atoms with Crippen LogP contribution in [0.1, 0.15) is 0 Å². The molecule has 0 fully saturated rings. The molecule has 0 aliphatic rings. The van der Waals surface area contributed by atoms with Crippen molar-refractivity contribution in [3.8, 4) is 33.3 Å². The van der Waals surface area contributed by atoms with E-state index in [1.165, 1.54) is 11.3 Å². The van der Waals surface area contributed by atoms with Crippen molar-refractivity contribution in [1.82, 2.24) is 19.9 Å². The normalized spacial score (nSPS) is 10.8. The predicted octanol–water partition coefficient (Wildman–Crippen LogP) is 3.78. The second kappa shape index (κ2) is 6.74. The number of benzene rings is 1. The maximum absolute atomic E-state index is 6.35. The summed E-state index contributed by atoms with van der Waals surface area (Å²) >= 11 is 7.73. The van der Waals surface area contributed by atoms with Crippen molar-refractivity contribution in [3.05, 3.63) is 65.9 Å². The molecule has 0 saturated carbocycles. The van der Waals surface area contributed by atoms with Gasteiger partial charge in [0.2, 0.25) is 0 Å². The highest BCUT2D eigenvalue weighted by Gasteiger charge is 2.13. The van der Waals surface area contributed by atoms with Gasteiger partial charge in [-0.3, -0.25) is 9.97 Å². The van der Waals surface area contributed by atoms with Gasteiger partial charge in [0.15, 0.2) is 13.7 Å². The zero-order valence-electron chi connectivity index (χ0n) is 12.9. The van der Waals surface area contributed by atoms with Gasteiger partial charge in [-0.1, -0.05) is 35.9 Å². The molecule has 0 bridgehead atoms. The minimum absolute atomic E-state index is 0.493. The Hall–Kier alpha value is -2.57. The van der Waals surface area contributed by atoms with Crippen LogP contribution in [-0.2, 0) is 0 Å². The van der Waals surface area contributed by atoms with Crippen molar-refractivity contribution < 1.29 is 0 Å². The fourth-order valence-corrected chi connectivity index (χ4v) is 3.27. The standard InChI is InChI=1S/C18H10BClN4S/c19-18-22-10-16(25-18)15-9-14(11-5-1-2-6-12(11)20)23-17(24-15)13-7-3-4-8-21-13/h1-10H. The van der Waals surface area contributed by atoms with E-state index in [0.717, 1.165) is 21.8 Å². The summed E-state index contributed by atoms with van der Waals surface area (Å²) in [5, 5.41) is 0.628. The van der Waals surface area contributed by atoms with Crippen LogP contribution < -0.4 is 4.91 Å². The molecule has 7 heteroatoms. The molecule has 4 aromatic rings. The molecule has 4 nitrogen and oxygen atoms in total. The zero-order chi connectivity index (χ0) is 17.2. The van der Waals surface area contributed by atoms with Gasteiger partial charge in [0.1, 0.15) is 5.69 Å². The Labute approximate surface area is 155 Å². The summed E-state index contributed by atoms with van der Waals surface area (Å²) in [4.78, 5) is 19.1. The SMILES string of the molecule is [B]c1ncc(-c2cc(-c3ccccc3Cl)nc(-c3ccccn3)n2)s1. The van der Waals surface area contributed by atoms with Crippen LogP contribution in [0.4, 0.5) is 0 Å². The van der Waals surface area contributed by atoms with Crippen LogP contribution in [0.3, 0.4) is 0 Å². The summed E-state index contributed by atoms with van der Waals surface area (Å²) in [6.07, 6.45) is 3.42. The van der Waals surface area contributed by atoms with Crippen LogP contribution >= 0.6 is 22.9 Å². The van der Waals surface area contributed by atoms with Crippen molar-refractivity contribution in [2.24, 2.45) is 0 Å². The van der Waals surface area contributed by atoms with E-state index in [9.17, 15) is 0 Å². The molecule has 0 N–H and O–H groups in total. The first-order valence-electron chi connectivity index (χ1n) is 7.48. The van der Waals surface area contributed by atoms with Gasteiger partial charge < -0.3 is 0 Å². The molecule has 0 atom stereocenters.